The van der Waals surface area contributed by atoms with Gasteiger partial charge in [0.15, 0.2) is 0 Å². The van der Waals surface area contributed by atoms with Crippen molar-refractivity contribution in [3.05, 3.63) is 0 Å². The summed E-state index contributed by atoms with van der Waals surface area (Å²) in [6, 6.07) is 0.796. The van der Waals surface area contributed by atoms with E-state index in [1.54, 1.807) is 0 Å². The summed E-state index contributed by atoms with van der Waals surface area (Å²) in [5, 5.41) is 27.5. The molecule has 0 bridgehead atoms. The number of rotatable bonds is 8. The molecule has 0 saturated heterocycles. The van der Waals surface area contributed by atoms with Crippen molar-refractivity contribution in [1.29, 1.82) is 0 Å². The maximum atomic E-state index is 9.18. The first-order valence-electron chi connectivity index (χ1n) is 5.07. The fourth-order valence-corrected chi connectivity index (χ4v) is 4.18. The van der Waals surface area contributed by atoms with Gasteiger partial charge in [-0.2, -0.15) is 12.6 Å². The van der Waals surface area contributed by atoms with Crippen LogP contribution in [0.4, 0.5) is 0 Å². The van der Waals surface area contributed by atoms with Crippen LogP contribution in [-0.4, -0.2) is 47.8 Å². The molecule has 86 valence electrons. The van der Waals surface area contributed by atoms with Crippen LogP contribution >= 0.6 is 12.6 Å². The molecule has 3 N–H and O–H groups in total. The smallest absolute Gasteiger partial charge is 0.140 e. The Bertz CT molecular complexity index is 134. The van der Waals surface area contributed by atoms with Gasteiger partial charge in [-0.15, -0.1) is 0 Å². The van der Waals surface area contributed by atoms with Gasteiger partial charge >= 0.3 is 0 Å². The van der Waals surface area contributed by atoms with Crippen molar-refractivity contribution in [3.63, 3.8) is 0 Å². The minimum Gasteiger partial charge on any atom is -0.399 e. The van der Waals surface area contributed by atoms with Crippen LogP contribution < -0.4 is 0 Å². The molecular formula is C9H22O3SSi. The first-order valence-corrected chi connectivity index (χ1v) is 8.53. The van der Waals surface area contributed by atoms with E-state index in [1.165, 1.54) is 0 Å². The second-order valence-corrected chi connectivity index (χ2v) is 8.95. The van der Waals surface area contributed by atoms with E-state index < -0.39 is 8.07 Å². The summed E-state index contributed by atoms with van der Waals surface area (Å²) < 4.78 is 0. The van der Waals surface area contributed by atoms with Gasteiger partial charge in [-0.1, -0.05) is 13.3 Å². The summed E-state index contributed by atoms with van der Waals surface area (Å²) in [6.45, 7) is 2.10. The van der Waals surface area contributed by atoms with E-state index in [-0.39, 0.29) is 18.7 Å². The molecule has 5 heteroatoms. The summed E-state index contributed by atoms with van der Waals surface area (Å²) in [4.78, 5) is 0. The van der Waals surface area contributed by atoms with Crippen LogP contribution in [0, 0.1) is 5.92 Å². The molecule has 0 spiro atoms. The van der Waals surface area contributed by atoms with E-state index in [2.05, 4.69) is 19.6 Å². The topological polar surface area (TPSA) is 60.7 Å². The van der Waals surface area contributed by atoms with Gasteiger partial charge in [0.1, 0.15) is 8.07 Å². The van der Waals surface area contributed by atoms with Crippen LogP contribution in [0.3, 0.4) is 0 Å². The average molecular weight is 238 g/mol. The van der Waals surface area contributed by atoms with E-state index in [0.29, 0.717) is 5.92 Å². The number of thiol groups is 1. The molecular weight excluding hydrogens is 216 g/mol. The minimum atomic E-state index is -2.19. The molecule has 0 amide bonds. The molecule has 0 rings (SSSR count). The van der Waals surface area contributed by atoms with E-state index >= 15 is 0 Å². The zero-order valence-electron chi connectivity index (χ0n) is 8.82. The summed E-state index contributed by atoms with van der Waals surface area (Å²) in [7, 11) is -2.19. The predicted octanol–water partition coefficient (Wildman–Crippen LogP) is 0.376. The van der Waals surface area contributed by atoms with Crippen molar-refractivity contribution in [2.24, 2.45) is 5.92 Å². The first-order chi connectivity index (χ1) is 6.64. The van der Waals surface area contributed by atoms with Crippen LogP contribution in [-0.2, 0) is 0 Å². The Morgan fingerprint density at radius 1 is 1.14 bits per heavy atom. The minimum absolute atomic E-state index is 0.0226. The van der Waals surface area contributed by atoms with Gasteiger partial charge < -0.3 is 15.3 Å². The number of aliphatic hydroxyl groups is 3. The summed E-state index contributed by atoms with van der Waals surface area (Å²) in [5.41, 5.74) is 0. The summed E-state index contributed by atoms with van der Waals surface area (Å²) in [5.74, 6) is 1.33. The molecule has 0 fully saturated rings. The van der Waals surface area contributed by atoms with Crippen molar-refractivity contribution >= 4 is 20.7 Å². The largest absolute Gasteiger partial charge is 0.399 e. The molecule has 1 atom stereocenters. The highest BCUT2D eigenvalue weighted by molar-refractivity contribution is 7.80. The van der Waals surface area contributed by atoms with Gasteiger partial charge in [0.2, 0.25) is 0 Å². The molecule has 0 aromatic carbocycles. The zero-order chi connectivity index (χ0) is 11.0. The molecule has 3 nitrogen and oxygen atoms in total. The predicted molar refractivity (Wildman–Crippen MR) is 64.1 cm³/mol. The van der Waals surface area contributed by atoms with E-state index in [9.17, 15) is 15.3 Å². The number of aliphatic hydroxyl groups excluding tert-OH is 3. The number of hydrogen-bond donors (Lipinski definition) is 4. The van der Waals surface area contributed by atoms with Crippen LogP contribution in [0.25, 0.3) is 0 Å². The second kappa shape index (κ2) is 7.70. The van der Waals surface area contributed by atoms with Crippen molar-refractivity contribution in [2.75, 3.05) is 24.4 Å². The Labute approximate surface area is 92.6 Å². The molecule has 0 aromatic rings. The van der Waals surface area contributed by atoms with E-state index in [4.69, 9.17) is 0 Å². The van der Waals surface area contributed by atoms with Gasteiger partial charge in [-0.05, 0) is 24.1 Å². The van der Waals surface area contributed by atoms with E-state index in [1.807, 2.05) is 0 Å². The van der Waals surface area contributed by atoms with Crippen LogP contribution in [0.1, 0.15) is 19.8 Å². The quantitative estimate of drug-likeness (QED) is 0.365. The van der Waals surface area contributed by atoms with Crippen LogP contribution in [0.15, 0.2) is 0 Å². The van der Waals surface area contributed by atoms with Gasteiger partial charge in [0, 0.05) is 18.7 Å². The molecule has 0 aliphatic heterocycles. The van der Waals surface area contributed by atoms with Crippen molar-refractivity contribution < 1.29 is 15.3 Å². The lowest BCUT2D eigenvalue weighted by Gasteiger charge is -2.27. The summed E-state index contributed by atoms with van der Waals surface area (Å²) >= 11 is 4.14. The molecule has 1 unspecified atom stereocenters. The fourth-order valence-electron chi connectivity index (χ4n) is 1.62. The maximum absolute atomic E-state index is 9.18. The third-order valence-corrected chi connectivity index (χ3v) is 6.53. The monoisotopic (exact) mass is 238 g/mol. The zero-order valence-corrected chi connectivity index (χ0v) is 10.7. The highest BCUT2D eigenvalue weighted by Gasteiger charge is 2.32. The maximum Gasteiger partial charge on any atom is 0.140 e. The van der Waals surface area contributed by atoms with Crippen LogP contribution in [0.5, 0.6) is 0 Å². The second-order valence-electron chi connectivity index (χ2n) is 4.15. The Hall–Kier alpha value is 0.447. The SMILES string of the molecule is CC(CCCS)C[Si](CO)(CO)CO. The lowest BCUT2D eigenvalue weighted by molar-refractivity contribution is 0.283. The molecule has 0 radical (unpaired) electrons. The van der Waals surface area contributed by atoms with Crippen molar-refractivity contribution in [2.45, 2.75) is 25.8 Å². The van der Waals surface area contributed by atoms with Crippen molar-refractivity contribution in [3.8, 4) is 0 Å². The first kappa shape index (κ1) is 14.4. The highest BCUT2D eigenvalue weighted by atomic mass is 32.1. The molecule has 0 aliphatic rings. The van der Waals surface area contributed by atoms with E-state index in [0.717, 1.165) is 24.6 Å². The molecule has 0 heterocycles. The van der Waals surface area contributed by atoms with Gasteiger partial charge in [0.25, 0.3) is 0 Å². The highest BCUT2D eigenvalue weighted by Crippen LogP contribution is 2.20. The van der Waals surface area contributed by atoms with Crippen molar-refractivity contribution in [1.82, 2.24) is 0 Å². The Kier molecular flexibility index (Phi) is 7.95. The Balaban J connectivity index is 4.01. The van der Waals surface area contributed by atoms with Crippen LogP contribution in [0.2, 0.25) is 6.04 Å². The third kappa shape index (κ3) is 4.79. The fraction of sp³-hybridized carbons (Fsp3) is 1.00. The summed E-state index contributed by atoms with van der Waals surface area (Å²) in [6.07, 6.45) is 2.04. The molecule has 0 saturated carbocycles. The molecule has 0 aromatic heterocycles. The molecule has 14 heavy (non-hydrogen) atoms. The number of hydrogen-bond acceptors (Lipinski definition) is 4. The lowest BCUT2D eigenvalue weighted by atomic mass is 10.1. The normalized spacial score (nSPS) is 14.4. The van der Waals surface area contributed by atoms with Gasteiger partial charge in [0.05, 0.1) is 0 Å². The molecule has 0 aliphatic carbocycles. The Morgan fingerprint density at radius 2 is 1.64 bits per heavy atom. The van der Waals surface area contributed by atoms with Gasteiger partial charge in [-0.3, -0.25) is 0 Å². The standard InChI is InChI=1S/C9H22O3SSi/c1-9(3-2-4-13)5-14(6-10,7-11)8-12/h9-13H,2-8H2,1H3. The lowest BCUT2D eigenvalue weighted by Crippen LogP contribution is -2.49. The third-order valence-electron chi connectivity index (χ3n) is 2.64. The van der Waals surface area contributed by atoms with Gasteiger partial charge in [-0.25, -0.2) is 0 Å². The Morgan fingerprint density at radius 3 is 2.00 bits per heavy atom. The average Bonchev–Trinajstić information content (AvgIpc) is 2.23.